The van der Waals surface area contributed by atoms with E-state index >= 15 is 0 Å². The number of nitrogens with zero attached hydrogens (tertiary/aromatic N) is 2. The van der Waals surface area contributed by atoms with E-state index in [1.54, 1.807) is 60.2 Å². The van der Waals surface area contributed by atoms with Crippen LogP contribution in [0.5, 0.6) is 11.5 Å². The first-order valence-electron chi connectivity index (χ1n) is 17.9. The standard InChI is InChI=1S/C41H46N5O7PS/c1-51-54-28-55-27-29-14-18-33(19-15-29)53-41(50)30-16-20-32(21-17-30)52-25-23-46(43)40-35-10-4-5-11-36(35)45(26-31-8-2-3-9-34(31)39(40)42)38(49)13-7-6-12-37(48)44-22-24-47/h2-5,8-11,14-21,24,54H,6-7,12-13,22-23,25-28,42-43H2,1H3,(H,44,48)/b40-39-. The molecule has 5 N–H and O–H groups in total. The molecule has 288 valence electrons. The molecule has 0 saturated heterocycles. The number of amides is 2. The number of hydrogen-bond donors (Lipinski definition) is 3. The van der Waals surface area contributed by atoms with Crippen LogP contribution in [0.25, 0.3) is 11.4 Å². The van der Waals surface area contributed by atoms with Crippen molar-refractivity contribution in [3.8, 4) is 11.5 Å². The number of hydrogen-bond acceptors (Lipinski definition) is 11. The van der Waals surface area contributed by atoms with Gasteiger partial charge in [0.25, 0.3) is 0 Å². The fourth-order valence-electron chi connectivity index (χ4n) is 5.98. The van der Waals surface area contributed by atoms with E-state index in [0.717, 1.165) is 27.9 Å². The minimum Gasteiger partial charge on any atom is -0.492 e. The third kappa shape index (κ3) is 11.6. The number of carbonyl (C=O) groups excluding carboxylic acids is 4. The van der Waals surface area contributed by atoms with Gasteiger partial charge >= 0.3 is 5.97 Å². The van der Waals surface area contributed by atoms with E-state index < -0.39 is 5.97 Å². The Bertz CT molecular complexity index is 1960. The molecule has 12 nitrogen and oxygen atoms in total. The molecule has 1 unspecified atom stereocenters. The second-order valence-electron chi connectivity index (χ2n) is 12.5. The van der Waals surface area contributed by atoms with Crippen LogP contribution in [0.2, 0.25) is 0 Å². The maximum absolute atomic E-state index is 13.8. The van der Waals surface area contributed by atoms with Crippen LogP contribution in [0, 0.1) is 0 Å². The smallest absolute Gasteiger partial charge is 0.343 e. The van der Waals surface area contributed by atoms with Crippen molar-refractivity contribution in [3.05, 3.63) is 125 Å². The number of thioether (sulfide) groups is 1. The highest BCUT2D eigenvalue weighted by Gasteiger charge is 2.28. The molecule has 0 radical (unpaired) electrons. The number of fused-ring (bicyclic) bond motifs is 2. The monoisotopic (exact) mass is 783 g/mol. The highest BCUT2D eigenvalue weighted by Crippen LogP contribution is 2.37. The summed E-state index contributed by atoms with van der Waals surface area (Å²) in [5.41, 5.74) is 13.4. The number of unbranched alkanes of at least 4 members (excludes halogenated alkanes) is 1. The molecule has 0 bridgehead atoms. The van der Waals surface area contributed by atoms with E-state index in [2.05, 4.69) is 5.32 Å². The van der Waals surface area contributed by atoms with Gasteiger partial charge in [-0.25, -0.2) is 10.6 Å². The summed E-state index contributed by atoms with van der Waals surface area (Å²) >= 11 is 1.79. The summed E-state index contributed by atoms with van der Waals surface area (Å²) < 4.78 is 16.7. The lowest BCUT2D eigenvalue weighted by atomic mass is 9.95. The SMILES string of the molecule is COPCSCc1ccc(OC(=O)c2ccc(OCCN(N)/C3=C(\N)c4ccccc4CN(C(=O)CCCCC(=O)NCC=O)c4ccccc43)cc2)cc1. The van der Waals surface area contributed by atoms with Gasteiger partial charge in [0.2, 0.25) is 11.8 Å². The summed E-state index contributed by atoms with van der Waals surface area (Å²) in [6, 6.07) is 29.3. The second-order valence-corrected chi connectivity index (χ2v) is 15.1. The van der Waals surface area contributed by atoms with Crippen LogP contribution in [0.3, 0.4) is 0 Å². The van der Waals surface area contributed by atoms with Crippen molar-refractivity contribution in [2.45, 2.75) is 38.0 Å². The van der Waals surface area contributed by atoms with Crippen LogP contribution >= 0.6 is 20.6 Å². The first-order valence-corrected chi connectivity index (χ1v) is 20.1. The molecule has 4 aromatic rings. The van der Waals surface area contributed by atoms with Gasteiger partial charge in [-0.2, -0.15) is 11.8 Å². The summed E-state index contributed by atoms with van der Waals surface area (Å²) in [7, 11) is 2.17. The lowest BCUT2D eigenvalue weighted by Crippen LogP contribution is -2.38. The lowest BCUT2D eigenvalue weighted by molar-refractivity contribution is -0.123. The molecule has 0 spiro atoms. The Kier molecular flexibility index (Phi) is 15.7. The molecule has 55 heavy (non-hydrogen) atoms. The molecule has 0 fully saturated rings. The van der Waals surface area contributed by atoms with Crippen molar-refractivity contribution >= 4 is 61.7 Å². The van der Waals surface area contributed by atoms with E-state index in [-0.39, 0.29) is 44.4 Å². The summed E-state index contributed by atoms with van der Waals surface area (Å²) in [5.74, 6) is 7.82. The van der Waals surface area contributed by atoms with E-state index in [0.29, 0.717) is 74.2 Å². The van der Waals surface area contributed by atoms with E-state index in [1.807, 2.05) is 60.7 Å². The molecule has 0 aliphatic carbocycles. The number of aldehydes is 1. The molecule has 1 heterocycles. The fraction of sp³-hybridized carbons (Fsp3) is 0.268. The zero-order valence-electron chi connectivity index (χ0n) is 30.7. The van der Waals surface area contributed by atoms with Crippen molar-refractivity contribution in [1.29, 1.82) is 0 Å². The van der Waals surface area contributed by atoms with Crippen molar-refractivity contribution in [1.82, 2.24) is 10.3 Å². The first-order chi connectivity index (χ1) is 26.8. The maximum Gasteiger partial charge on any atom is 0.343 e. The average Bonchev–Trinajstić information content (AvgIpc) is 3.20. The van der Waals surface area contributed by atoms with E-state index in [9.17, 15) is 19.2 Å². The molecule has 2 amide bonds. The predicted octanol–water partition coefficient (Wildman–Crippen LogP) is 6.10. The number of hydrazine groups is 1. The molecule has 5 rings (SSSR count). The summed E-state index contributed by atoms with van der Waals surface area (Å²) in [6.45, 7) is 0.722. The molecule has 0 saturated carbocycles. The van der Waals surface area contributed by atoms with Gasteiger partial charge in [0, 0.05) is 51.1 Å². The number of nitrogens with two attached hydrogens (primary N) is 2. The zero-order valence-corrected chi connectivity index (χ0v) is 32.5. The lowest BCUT2D eigenvalue weighted by Gasteiger charge is -2.33. The van der Waals surface area contributed by atoms with Crippen LogP contribution in [-0.2, 0) is 31.2 Å². The number of rotatable bonds is 19. The largest absolute Gasteiger partial charge is 0.492 e. The molecule has 1 aliphatic heterocycles. The van der Waals surface area contributed by atoms with Crippen LogP contribution < -0.4 is 31.3 Å². The highest BCUT2D eigenvalue weighted by atomic mass is 32.2. The Labute approximate surface area is 327 Å². The third-order valence-electron chi connectivity index (χ3n) is 8.76. The average molecular weight is 784 g/mol. The van der Waals surface area contributed by atoms with Crippen LogP contribution in [0.1, 0.15) is 58.3 Å². The van der Waals surface area contributed by atoms with Crippen LogP contribution in [0.4, 0.5) is 5.69 Å². The van der Waals surface area contributed by atoms with Crippen molar-refractivity contribution in [2.24, 2.45) is 11.6 Å². The highest BCUT2D eigenvalue weighted by molar-refractivity contribution is 8.02. The van der Waals surface area contributed by atoms with Gasteiger partial charge in [-0.3, -0.25) is 9.59 Å². The molecular weight excluding hydrogens is 738 g/mol. The molecule has 1 aliphatic rings. The van der Waals surface area contributed by atoms with E-state index in [1.165, 1.54) is 5.01 Å². The molecule has 14 heteroatoms. The number of para-hydroxylation sites is 1. The number of ether oxygens (including phenoxy) is 2. The Balaban J connectivity index is 1.22. The molecule has 1 atom stereocenters. The Morgan fingerprint density at radius 2 is 1.60 bits per heavy atom. The summed E-state index contributed by atoms with van der Waals surface area (Å²) in [5, 5.41) is 4.06. The summed E-state index contributed by atoms with van der Waals surface area (Å²) in [6.07, 6.45) is 2.11. The predicted molar refractivity (Wildman–Crippen MR) is 218 cm³/mol. The van der Waals surface area contributed by atoms with Gasteiger partial charge in [0.05, 0.1) is 42.3 Å². The van der Waals surface area contributed by atoms with E-state index in [4.69, 9.17) is 25.6 Å². The second kappa shape index (κ2) is 21.0. The van der Waals surface area contributed by atoms with Crippen LogP contribution in [0.15, 0.2) is 97.1 Å². The maximum atomic E-state index is 13.8. The van der Waals surface area contributed by atoms with Crippen molar-refractivity contribution in [2.75, 3.05) is 37.2 Å². The van der Waals surface area contributed by atoms with Gasteiger partial charge in [0.15, 0.2) is 0 Å². The normalized spacial score (nSPS) is 13.7. The number of benzene rings is 4. The fourth-order valence-corrected chi connectivity index (χ4v) is 7.62. The minimum absolute atomic E-state index is 0.0245. The Morgan fingerprint density at radius 3 is 2.35 bits per heavy atom. The van der Waals surface area contributed by atoms with Crippen LogP contribution in [-0.4, -0.2) is 61.4 Å². The quantitative estimate of drug-likeness (QED) is 0.0191. The number of carbonyl (C=O) groups is 4. The summed E-state index contributed by atoms with van der Waals surface area (Å²) in [4.78, 5) is 50.8. The minimum atomic E-state index is -0.472. The number of anilines is 1. The van der Waals surface area contributed by atoms with Gasteiger partial charge in [0.1, 0.15) is 24.4 Å². The Morgan fingerprint density at radius 1 is 0.909 bits per heavy atom. The van der Waals surface area contributed by atoms with Gasteiger partial charge < -0.3 is 39.8 Å². The van der Waals surface area contributed by atoms with Crippen molar-refractivity contribution in [3.63, 3.8) is 0 Å². The Hall–Kier alpha value is -5.20. The number of esters is 1. The van der Waals surface area contributed by atoms with Gasteiger partial charge in [-0.15, -0.1) is 0 Å². The molecule has 4 aromatic carbocycles. The number of nitrogens with one attached hydrogen (secondary N) is 1. The van der Waals surface area contributed by atoms with Crippen molar-refractivity contribution < 1.29 is 33.2 Å². The topological polar surface area (TPSA) is 167 Å². The third-order valence-corrected chi connectivity index (χ3v) is 10.9. The zero-order chi connectivity index (χ0) is 39.0. The molecule has 0 aromatic heterocycles. The first kappa shape index (κ1) is 41.0. The molecular formula is C41H46N5O7PS. The van der Waals surface area contributed by atoms with Gasteiger partial charge in [-0.05, 0) is 66.4 Å². The van der Waals surface area contributed by atoms with Gasteiger partial charge in [-0.1, -0.05) is 54.6 Å².